The van der Waals surface area contributed by atoms with Gasteiger partial charge in [-0.15, -0.1) is 11.6 Å². The van der Waals surface area contributed by atoms with Gasteiger partial charge in [-0.1, -0.05) is 30.3 Å². The van der Waals surface area contributed by atoms with Crippen LogP contribution in [0.4, 0.5) is 0 Å². The molecule has 110 valence electrons. The predicted molar refractivity (Wildman–Crippen MR) is 86.1 cm³/mol. The minimum atomic E-state index is 0.162. The number of ether oxygens (including phenoxy) is 1. The SMILES string of the molecule is O=C(CCCCCl)c1ccc(OCc2ccccc2)cc1. The maximum absolute atomic E-state index is 11.9. The van der Waals surface area contributed by atoms with E-state index < -0.39 is 0 Å². The lowest BCUT2D eigenvalue weighted by Gasteiger charge is -2.07. The Hall–Kier alpha value is -1.80. The van der Waals surface area contributed by atoms with E-state index in [-0.39, 0.29) is 5.78 Å². The van der Waals surface area contributed by atoms with E-state index in [2.05, 4.69) is 0 Å². The molecule has 0 aliphatic rings. The highest BCUT2D eigenvalue weighted by Crippen LogP contribution is 2.16. The van der Waals surface area contributed by atoms with Crippen molar-refractivity contribution in [2.24, 2.45) is 0 Å². The standard InChI is InChI=1S/C18H19ClO2/c19-13-5-4-8-18(20)16-9-11-17(12-10-16)21-14-15-6-2-1-3-7-15/h1-3,6-7,9-12H,4-5,8,13-14H2. The van der Waals surface area contributed by atoms with Crippen molar-refractivity contribution in [3.05, 3.63) is 65.7 Å². The van der Waals surface area contributed by atoms with Crippen LogP contribution in [0.1, 0.15) is 35.2 Å². The van der Waals surface area contributed by atoms with E-state index >= 15 is 0 Å². The van der Waals surface area contributed by atoms with Crippen molar-refractivity contribution < 1.29 is 9.53 Å². The number of unbranched alkanes of at least 4 members (excludes halogenated alkanes) is 1. The molecule has 0 spiro atoms. The lowest BCUT2D eigenvalue weighted by atomic mass is 10.1. The number of alkyl halides is 1. The molecule has 0 radical (unpaired) electrons. The molecule has 0 heterocycles. The molecule has 21 heavy (non-hydrogen) atoms. The fourth-order valence-electron chi connectivity index (χ4n) is 2.00. The Morgan fingerprint density at radius 3 is 2.33 bits per heavy atom. The van der Waals surface area contributed by atoms with Gasteiger partial charge < -0.3 is 4.74 Å². The molecule has 2 aromatic rings. The highest BCUT2D eigenvalue weighted by Gasteiger charge is 2.05. The lowest BCUT2D eigenvalue weighted by Crippen LogP contribution is -2.00. The molecule has 2 rings (SSSR count). The average Bonchev–Trinajstić information content (AvgIpc) is 2.54. The Bertz CT molecular complexity index is 549. The maximum atomic E-state index is 11.9. The van der Waals surface area contributed by atoms with Crippen LogP contribution < -0.4 is 4.74 Å². The molecule has 2 aromatic carbocycles. The molecule has 0 fully saturated rings. The first-order valence-electron chi connectivity index (χ1n) is 7.15. The van der Waals surface area contributed by atoms with Crippen LogP contribution in [-0.4, -0.2) is 11.7 Å². The monoisotopic (exact) mass is 302 g/mol. The van der Waals surface area contributed by atoms with Gasteiger partial charge in [0.25, 0.3) is 0 Å². The van der Waals surface area contributed by atoms with Gasteiger partial charge in [0, 0.05) is 17.9 Å². The Morgan fingerprint density at radius 2 is 1.67 bits per heavy atom. The first-order valence-corrected chi connectivity index (χ1v) is 7.69. The largest absolute Gasteiger partial charge is 0.489 e. The van der Waals surface area contributed by atoms with E-state index in [4.69, 9.17) is 16.3 Å². The number of halogens is 1. The van der Waals surface area contributed by atoms with Gasteiger partial charge in [0.05, 0.1) is 0 Å². The van der Waals surface area contributed by atoms with Gasteiger partial charge in [-0.25, -0.2) is 0 Å². The molecule has 0 aliphatic carbocycles. The number of rotatable bonds is 8. The third-order valence-corrected chi connectivity index (χ3v) is 3.48. The summed E-state index contributed by atoms with van der Waals surface area (Å²) in [6, 6.07) is 17.3. The second-order valence-electron chi connectivity index (χ2n) is 4.87. The first-order chi connectivity index (χ1) is 10.3. The number of ketones is 1. The van der Waals surface area contributed by atoms with E-state index in [1.165, 1.54) is 0 Å². The lowest BCUT2D eigenvalue weighted by molar-refractivity contribution is 0.0980. The zero-order chi connectivity index (χ0) is 14.9. The number of carbonyl (C=O) groups excluding carboxylic acids is 1. The second kappa shape index (κ2) is 8.48. The van der Waals surface area contributed by atoms with Crippen LogP contribution in [0.3, 0.4) is 0 Å². The zero-order valence-corrected chi connectivity index (χ0v) is 12.7. The smallest absolute Gasteiger partial charge is 0.162 e. The van der Waals surface area contributed by atoms with E-state index in [9.17, 15) is 4.79 Å². The van der Waals surface area contributed by atoms with Crippen molar-refractivity contribution in [2.75, 3.05) is 5.88 Å². The molecule has 2 nitrogen and oxygen atoms in total. The summed E-state index contributed by atoms with van der Waals surface area (Å²) in [5.74, 6) is 1.55. The summed E-state index contributed by atoms with van der Waals surface area (Å²) in [5.41, 5.74) is 1.86. The normalized spacial score (nSPS) is 10.3. The van der Waals surface area contributed by atoms with Crippen LogP contribution >= 0.6 is 11.6 Å². The molecule has 0 aliphatic heterocycles. The van der Waals surface area contributed by atoms with Crippen LogP contribution in [0.5, 0.6) is 5.75 Å². The van der Waals surface area contributed by atoms with Crippen LogP contribution in [0.15, 0.2) is 54.6 Å². The quantitative estimate of drug-likeness (QED) is 0.395. The number of carbonyl (C=O) groups is 1. The number of Topliss-reactive ketones (excluding diaryl/α,β-unsaturated/α-hetero) is 1. The second-order valence-corrected chi connectivity index (χ2v) is 5.25. The summed E-state index contributed by atoms with van der Waals surface area (Å²) in [4.78, 5) is 11.9. The van der Waals surface area contributed by atoms with Gasteiger partial charge in [0.15, 0.2) is 5.78 Å². The molecule has 3 heteroatoms. The minimum absolute atomic E-state index is 0.162. The Kier molecular flexibility index (Phi) is 6.29. The van der Waals surface area contributed by atoms with Gasteiger partial charge in [0.2, 0.25) is 0 Å². The number of benzene rings is 2. The van der Waals surface area contributed by atoms with E-state index in [1.54, 1.807) is 0 Å². The Labute approximate surface area is 130 Å². The molecule has 0 bridgehead atoms. The highest BCUT2D eigenvalue weighted by molar-refractivity contribution is 6.17. The molecule has 0 amide bonds. The molecule has 0 saturated heterocycles. The highest BCUT2D eigenvalue weighted by atomic mass is 35.5. The molecule has 0 saturated carbocycles. The van der Waals surface area contributed by atoms with E-state index in [1.807, 2.05) is 54.6 Å². The molecule has 0 unspecified atom stereocenters. The van der Waals surface area contributed by atoms with Crippen molar-refractivity contribution in [3.63, 3.8) is 0 Å². The summed E-state index contributed by atoms with van der Waals surface area (Å²) >= 11 is 5.61. The van der Waals surface area contributed by atoms with Crippen LogP contribution in [0, 0.1) is 0 Å². The van der Waals surface area contributed by atoms with Crippen molar-refractivity contribution in [3.8, 4) is 5.75 Å². The molecule has 0 aromatic heterocycles. The van der Waals surface area contributed by atoms with Crippen molar-refractivity contribution in [1.82, 2.24) is 0 Å². The third-order valence-electron chi connectivity index (χ3n) is 3.21. The van der Waals surface area contributed by atoms with Gasteiger partial charge in [-0.3, -0.25) is 4.79 Å². The maximum Gasteiger partial charge on any atom is 0.162 e. The molecular weight excluding hydrogens is 284 g/mol. The summed E-state index contributed by atoms with van der Waals surface area (Å²) in [6.45, 7) is 0.532. The van der Waals surface area contributed by atoms with E-state index in [0.29, 0.717) is 18.9 Å². The number of hydrogen-bond donors (Lipinski definition) is 0. The molecular formula is C18H19ClO2. The van der Waals surface area contributed by atoms with Gasteiger partial charge in [-0.05, 0) is 42.7 Å². The molecule has 0 atom stereocenters. The zero-order valence-electron chi connectivity index (χ0n) is 11.9. The van der Waals surface area contributed by atoms with Crippen LogP contribution in [0.2, 0.25) is 0 Å². The predicted octanol–water partition coefficient (Wildman–Crippen LogP) is 4.86. The summed E-state index contributed by atoms with van der Waals surface area (Å²) in [7, 11) is 0. The van der Waals surface area contributed by atoms with Crippen LogP contribution in [0.25, 0.3) is 0 Å². The Morgan fingerprint density at radius 1 is 0.952 bits per heavy atom. The summed E-state index contributed by atoms with van der Waals surface area (Å²) in [6.07, 6.45) is 2.27. The topological polar surface area (TPSA) is 26.3 Å². The average molecular weight is 303 g/mol. The summed E-state index contributed by atoms with van der Waals surface area (Å²) < 4.78 is 5.70. The van der Waals surface area contributed by atoms with E-state index in [0.717, 1.165) is 29.7 Å². The fraction of sp³-hybridized carbons (Fsp3) is 0.278. The minimum Gasteiger partial charge on any atom is -0.489 e. The number of hydrogen-bond acceptors (Lipinski definition) is 2. The van der Waals surface area contributed by atoms with Crippen LogP contribution in [-0.2, 0) is 6.61 Å². The van der Waals surface area contributed by atoms with Gasteiger partial charge in [0.1, 0.15) is 12.4 Å². The first kappa shape index (κ1) is 15.6. The van der Waals surface area contributed by atoms with Crippen molar-refractivity contribution in [2.45, 2.75) is 25.9 Å². The van der Waals surface area contributed by atoms with Gasteiger partial charge >= 0.3 is 0 Å². The third kappa shape index (κ3) is 5.24. The molecule has 0 N–H and O–H groups in total. The Balaban J connectivity index is 1.85. The summed E-state index contributed by atoms with van der Waals surface area (Å²) in [5, 5.41) is 0. The fourth-order valence-corrected chi connectivity index (χ4v) is 2.19. The van der Waals surface area contributed by atoms with Crippen molar-refractivity contribution in [1.29, 1.82) is 0 Å². The van der Waals surface area contributed by atoms with Crippen molar-refractivity contribution >= 4 is 17.4 Å². The van der Waals surface area contributed by atoms with Gasteiger partial charge in [-0.2, -0.15) is 0 Å².